The van der Waals surface area contributed by atoms with Gasteiger partial charge < -0.3 is 15.4 Å². The van der Waals surface area contributed by atoms with E-state index in [9.17, 15) is 26.7 Å². The minimum Gasteiger partial charge on any atom is -0.475 e. The minimum atomic E-state index is -4.61. The molecule has 2 aliphatic rings. The van der Waals surface area contributed by atoms with Crippen LogP contribution in [0.15, 0.2) is 55.3 Å². The number of carboxylic acids is 1. The first-order chi connectivity index (χ1) is 16.6. The van der Waals surface area contributed by atoms with Gasteiger partial charge in [0, 0.05) is 12.1 Å². The fourth-order valence-electron chi connectivity index (χ4n) is 4.30. The van der Waals surface area contributed by atoms with Gasteiger partial charge in [-0.1, -0.05) is 18.2 Å². The molecule has 13 nitrogen and oxygen atoms in total. The van der Waals surface area contributed by atoms with Gasteiger partial charge >= 0.3 is 5.97 Å². The fraction of sp³-hybridized carbons (Fsp3) is 0.250. The second-order valence-corrected chi connectivity index (χ2v) is 11.7. The van der Waals surface area contributed by atoms with Crippen LogP contribution >= 0.6 is 0 Å². The molecule has 0 radical (unpaired) electrons. The number of nitrogens with two attached hydrogens (primary N) is 1. The van der Waals surface area contributed by atoms with Gasteiger partial charge in [0.15, 0.2) is 22.3 Å². The van der Waals surface area contributed by atoms with Crippen molar-refractivity contribution < 1.29 is 26.7 Å². The van der Waals surface area contributed by atoms with Crippen molar-refractivity contribution in [3.63, 3.8) is 0 Å². The van der Waals surface area contributed by atoms with Crippen molar-refractivity contribution in [1.82, 2.24) is 15.3 Å². The smallest absolute Gasteiger partial charge is 0.371 e. The molecule has 0 saturated carbocycles. The Balaban J connectivity index is 1.87. The zero-order valence-electron chi connectivity index (χ0n) is 18.0. The first-order valence-corrected chi connectivity index (χ1v) is 13.5. The van der Waals surface area contributed by atoms with Crippen molar-refractivity contribution in [3.05, 3.63) is 41.7 Å². The zero-order valence-corrected chi connectivity index (χ0v) is 19.6. The van der Waals surface area contributed by atoms with Crippen molar-refractivity contribution in [1.29, 1.82) is 0 Å². The van der Waals surface area contributed by atoms with E-state index in [1.54, 1.807) is 18.2 Å². The Hall–Kier alpha value is -3.53. The fourth-order valence-corrected chi connectivity index (χ4v) is 7.57. The average molecular weight is 518 g/mol. The minimum absolute atomic E-state index is 0.0713. The standard InChI is InChI=1S/C20H19N7O6S2/c21-35(32,33)17-14(34(30,31)10-6-7-22-8-10)5-4-11(15(17)18-23-9-24-27-18)12-2-1-3-13-16(12)26-19(25-13)20(28)29/h1-5,10,22H,6-9H2,(H,25,26)(H,28,29)(H2,21,32,33)/t10-/m0/s1. The maximum atomic E-state index is 13.5. The van der Waals surface area contributed by atoms with Gasteiger partial charge in [0.2, 0.25) is 15.8 Å². The summed E-state index contributed by atoms with van der Waals surface area (Å²) in [6.07, 6.45) is 0.314. The van der Waals surface area contributed by atoms with E-state index in [0.717, 1.165) is 0 Å². The number of hydrogen-bond donors (Lipinski definition) is 4. The van der Waals surface area contributed by atoms with Crippen molar-refractivity contribution in [2.75, 3.05) is 19.8 Å². The number of sulfone groups is 1. The van der Waals surface area contributed by atoms with E-state index in [2.05, 4.69) is 30.5 Å². The molecular formula is C20H19N7O6S2. The third-order valence-corrected chi connectivity index (χ3v) is 9.20. The number of carboxylic acid groups (broad SMARTS) is 1. The van der Waals surface area contributed by atoms with Gasteiger partial charge in [-0.05, 0) is 30.7 Å². The number of azo groups is 1. The third kappa shape index (κ3) is 3.91. The monoisotopic (exact) mass is 517 g/mol. The number of rotatable bonds is 6. The Morgan fingerprint density at radius 2 is 1.91 bits per heavy atom. The lowest BCUT2D eigenvalue weighted by Crippen LogP contribution is -2.28. The second-order valence-electron chi connectivity index (χ2n) is 7.98. The lowest BCUT2D eigenvalue weighted by Gasteiger charge is -2.19. The summed E-state index contributed by atoms with van der Waals surface area (Å²) in [6, 6.07) is 7.45. The summed E-state index contributed by atoms with van der Waals surface area (Å²) in [5.41, 5.74) is 1.03. The van der Waals surface area contributed by atoms with E-state index < -0.39 is 40.9 Å². The molecule has 1 fully saturated rings. The molecule has 0 amide bonds. The Bertz CT molecular complexity index is 1650. The predicted molar refractivity (Wildman–Crippen MR) is 125 cm³/mol. The number of aromatic carboxylic acids is 1. The molecule has 0 spiro atoms. The number of sulfonamides is 1. The van der Waals surface area contributed by atoms with Gasteiger partial charge in [-0.15, -0.1) is 5.11 Å². The van der Waals surface area contributed by atoms with Gasteiger partial charge in [-0.3, -0.25) is 0 Å². The van der Waals surface area contributed by atoms with Crippen LogP contribution in [0.5, 0.6) is 0 Å². The Morgan fingerprint density at radius 3 is 2.54 bits per heavy atom. The summed E-state index contributed by atoms with van der Waals surface area (Å²) in [5.74, 6) is -1.69. The van der Waals surface area contributed by atoms with Gasteiger partial charge in [0.1, 0.15) is 4.90 Å². The maximum Gasteiger partial charge on any atom is 0.371 e. The van der Waals surface area contributed by atoms with Crippen molar-refractivity contribution in [2.45, 2.75) is 21.5 Å². The summed E-state index contributed by atoms with van der Waals surface area (Å²) in [7, 11) is -8.71. The molecule has 0 unspecified atom stereocenters. The van der Waals surface area contributed by atoms with E-state index in [0.29, 0.717) is 24.0 Å². The summed E-state index contributed by atoms with van der Waals surface area (Å²) in [5, 5.41) is 24.8. The number of nitrogens with zero attached hydrogens (tertiary/aromatic N) is 4. The number of para-hydroxylation sites is 1. The molecule has 0 bridgehead atoms. The summed E-state index contributed by atoms with van der Waals surface area (Å²) in [4.78, 5) is 21.3. The SMILES string of the molecule is NS(=O)(=O)c1c(S(=O)(=O)[C@H]2CCNC2)ccc(-c2cccc3[nH]c(C(=O)O)nc23)c1C1=NCN=N1. The number of amidine groups is 1. The van der Waals surface area contributed by atoms with Crippen molar-refractivity contribution >= 4 is 42.7 Å². The molecule has 2 aliphatic heterocycles. The number of imidazole rings is 1. The Labute approximate surface area is 199 Å². The zero-order chi connectivity index (χ0) is 25.0. The van der Waals surface area contributed by atoms with Crippen LogP contribution in [-0.2, 0) is 19.9 Å². The van der Waals surface area contributed by atoms with Crippen LogP contribution in [0.1, 0.15) is 22.6 Å². The Kier molecular flexibility index (Phi) is 5.51. The average Bonchev–Trinajstić information content (AvgIpc) is 3.58. The predicted octanol–water partition coefficient (Wildman–Crippen LogP) is 0.881. The van der Waals surface area contributed by atoms with Crippen LogP contribution in [0.4, 0.5) is 0 Å². The molecule has 182 valence electrons. The number of H-pyrrole nitrogens is 1. The number of aliphatic imine (C=N–C) groups is 1. The summed E-state index contributed by atoms with van der Waals surface area (Å²) < 4.78 is 52.8. The van der Waals surface area contributed by atoms with Gasteiger partial charge in [0.25, 0.3) is 0 Å². The molecule has 5 N–H and O–H groups in total. The van der Waals surface area contributed by atoms with Crippen molar-refractivity contribution in [2.24, 2.45) is 20.4 Å². The molecule has 3 heterocycles. The molecule has 1 aromatic heterocycles. The number of fused-ring (bicyclic) bond motifs is 1. The topological polar surface area (TPSA) is 209 Å². The largest absolute Gasteiger partial charge is 0.475 e. The first kappa shape index (κ1) is 23.2. The van der Waals surface area contributed by atoms with E-state index in [-0.39, 0.29) is 41.5 Å². The van der Waals surface area contributed by atoms with Crippen LogP contribution in [0, 0.1) is 0 Å². The molecule has 5 rings (SSSR count). The maximum absolute atomic E-state index is 13.5. The quantitative estimate of drug-likeness (QED) is 0.368. The molecule has 35 heavy (non-hydrogen) atoms. The van der Waals surface area contributed by atoms with Crippen LogP contribution in [0.2, 0.25) is 0 Å². The van der Waals surface area contributed by atoms with Gasteiger partial charge in [0.05, 0.1) is 26.7 Å². The number of nitrogens with one attached hydrogen (secondary N) is 2. The highest BCUT2D eigenvalue weighted by molar-refractivity contribution is 7.94. The first-order valence-electron chi connectivity index (χ1n) is 10.4. The lowest BCUT2D eigenvalue weighted by atomic mass is 9.97. The number of hydrogen-bond acceptors (Lipinski definition) is 10. The molecule has 2 aromatic carbocycles. The highest BCUT2D eigenvalue weighted by atomic mass is 32.2. The van der Waals surface area contributed by atoms with Gasteiger partial charge in [-0.25, -0.2) is 36.7 Å². The third-order valence-electron chi connectivity index (χ3n) is 5.84. The van der Waals surface area contributed by atoms with E-state index in [1.165, 1.54) is 12.1 Å². The van der Waals surface area contributed by atoms with Crippen LogP contribution in [-0.4, -0.2) is 68.7 Å². The lowest BCUT2D eigenvalue weighted by molar-refractivity contribution is 0.0685. The molecule has 15 heteroatoms. The summed E-state index contributed by atoms with van der Waals surface area (Å²) >= 11 is 0. The summed E-state index contributed by atoms with van der Waals surface area (Å²) in [6.45, 7) is 0.584. The molecule has 3 aromatic rings. The highest BCUT2D eigenvalue weighted by Gasteiger charge is 2.38. The number of carbonyl (C=O) groups is 1. The number of primary sulfonamides is 1. The van der Waals surface area contributed by atoms with E-state index in [1.807, 2.05) is 0 Å². The normalized spacial score (nSPS) is 18.3. The van der Waals surface area contributed by atoms with Crippen LogP contribution < -0.4 is 10.5 Å². The number of aromatic amines is 1. The molecule has 1 saturated heterocycles. The van der Waals surface area contributed by atoms with Crippen molar-refractivity contribution in [3.8, 4) is 11.1 Å². The van der Waals surface area contributed by atoms with E-state index >= 15 is 0 Å². The highest BCUT2D eigenvalue weighted by Crippen LogP contribution is 2.38. The second kappa shape index (κ2) is 8.30. The molecule has 1 atom stereocenters. The number of aromatic nitrogens is 2. The molecular weight excluding hydrogens is 498 g/mol. The Morgan fingerprint density at radius 1 is 1.11 bits per heavy atom. The van der Waals surface area contributed by atoms with Crippen LogP contribution in [0.3, 0.4) is 0 Å². The van der Waals surface area contributed by atoms with E-state index in [4.69, 9.17) is 5.14 Å². The van der Waals surface area contributed by atoms with Gasteiger partial charge in [-0.2, -0.15) is 5.11 Å². The number of benzene rings is 2. The van der Waals surface area contributed by atoms with Crippen LogP contribution in [0.25, 0.3) is 22.2 Å². The molecule has 0 aliphatic carbocycles.